The predicted molar refractivity (Wildman–Crippen MR) is 79.5 cm³/mol. The topological polar surface area (TPSA) is 55.8 Å². The number of amides is 1. The molecule has 1 aromatic carbocycles. The molecule has 3 heterocycles. The lowest BCUT2D eigenvalue weighted by molar-refractivity contribution is -0.149. The van der Waals surface area contributed by atoms with Gasteiger partial charge in [-0.15, -0.1) is 0 Å². The van der Waals surface area contributed by atoms with Gasteiger partial charge >= 0.3 is 5.97 Å². The monoisotopic (exact) mass is 337 g/mol. The summed E-state index contributed by atoms with van der Waals surface area (Å²) in [5.74, 6) is -2.65. The summed E-state index contributed by atoms with van der Waals surface area (Å²) in [4.78, 5) is 26.3. The minimum atomic E-state index is -0.850. The summed E-state index contributed by atoms with van der Waals surface area (Å²) in [7, 11) is 1.29. The smallest absolute Gasteiger partial charge is 0.312 e. The lowest BCUT2D eigenvalue weighted by atomic mass is 9.77. The van der Waals surface area contributed by atoms with Crippen molar-refractivity contribution >= 4 is 29.2 Å². The molecule has 2 bridgehead atoms. The normalized spacial score (nSPS) is 34.1. The van der Waals surface area contributed by atoms with Crippen LogP contribution in [0.4, 0.5) is 10.1 Å². The first kappa shape index (κ1) is 14.7. The van der Waals surface area contributed by atoms with Crippen LogP contribution in [-0.2, 0) is 19.1 Å². The van der Waals surface area contributed by atoms with Crippen molar-refractivity contribution < 1.29 is 23.5 Å². The summed E-state index contributed by atoms with van der Waals surface area (Å²) < 4.78 is 24.4. The number of rotatable bonds is 2. The van der Waals surface area contributed by atoms with Gasteiger partial charge in [0.1, 0.15) is 17.3 Å². The Morgan fingerprint density at radius 2 is 2.30 bits per heavy atom. The number of anilines is 1. The van der Waals surface area contributed by atoms with Gasteiger partial charge in [-0.2, -0.15) is 0 Å². The van der Waals surface area contributed by atoms with Crippen LogP contribution in [0, 0.1) is 17.7 Å². The second-order valence-electron chi connectivity index (χ2n) is 5.95. The predicted octanol–water partition coefficient (Wildman–Crippen LogP) is 1.94. The Labute approximate surface area is 136 Å². The summed E-state index contributed by atoms with van der Waals surface area (Å²) in [5, 5.41) is -0.0109. The molecule has 1 spiro atoms. The average Bonchev–Trinajstić information content (AvgIpc) is 3.18. The van der Waals surface area contributed by atoms with Gasteiger partial charge in [0.05, 0.1) is 30.7 Å². The first-order valence-electron chi connectivity index (χ1n) is 7.18. The summed E-state index contributed by atoms with van der Waals surface area (Å²) in [5.41, 5.74) is -0.457. The van der Waals surface area contributed by atoms with Crippen LogP contribution in [0.25, 0.3) is 0 Å². The molecule has 3 aliphatic rings. The van der Waals surface area contributed by atoms with Gasteiger partial charge in [-0.05, 0) is 18.2 Å². The van der Waals surface area contributed by atoms with Crippen molar-refractivity contribution in [3.63, 3.8) is 0 Å². The highest BCUT2D eigenvalue weighted by Crippen LogP contribution is 2.52. The van der Waals surface area contributed by atoms with Crippen LogP contribution in [0.2, 0.25) is 5.02 Å². The number of ether oxygens (including phenoxy) is 2. The maximum Gasteiger partial charge on any atom is 0.312 e. The van der Waals surface area contributed by atoms with Crippen LogP contribution in [0.3, 0.4) is 0 Å². The highest BCUT2D eigenvalue weighted by atomic mass is 35.5. The fourth-order valence-electron chi connectivity index (χ4n) is 3.77. The van der Waals surface area contributed by atoms with Gasteiger partial charge in [-0.25, -0.2) is 4.39 Å². The molecule has 1 amide bonds. The van der Waals surface area contributed by atoms with Crippen molar-refractivity contribution in [1.82, 2.24) is 0 Å². The van der Waals surface area contributed by atoms with E-state index in [1.807, 2.05) is 6.08 Å². The van der Waals surface area contributed by atoms with Gasteiger partial charge in [0, 0.05) is 5.69 Å². The quantitative estimate of drug-likeness (QED) is 0.611. The number of benzene rings is 1. The van der Waals surface area contributed by atoms with Crippen LogP contribution in [-0.4, -0.2) is 37.2 Å². The lowest BCUT2D eigenvalue weighted by Gasteiger charge is -2.22. The summed E-state index contributed by atoms with van der Waals surface area (Å²) >= 11 is 5.69. The van der Waals surface area contributed by atoms with Crippen molar-refractivity contribution in [2.45, 2.75) is 11.7 Å². The molecule has 4 atom stereocenters. The van der Waals surface area contributed by atoms with Crippen molar-refractivity contribution in [3.05, 3.63) is 41.2 Å². The van der Waals surface area contributed by atoms with Crippen LogP contribution < -0.4 is 4.90 Å². The van der Waals surface area contributed by atoms with Gasteiger partial charge in [-0.1, -0.05) is 23.8 Å². The Morgan fingerprint density at radius 1 is 1.52 bits per heavy atom. The molecule has 1 aromatic rings. The first-order valence-corrected chi connectivity index (χ1v) is 7.56. The zero-order chi connectivity index (χ0) is 16.4. The fourth-order valence-corrected chi connectivity index (χ4v) is 3.89. The van der Waals surface area contributed by atoms with Gasteiger partial charge in [-0.3, -0.25) is 9.59 Å². The van der Waals surface area contributed by atoms with Gasteiger partial charge in [0.2, 0.25) is 5.91 Å². The average molecular weight is 338 g/mol. The Balaban J connectivity index is 1.73. The van der Waals surface area contributed by atoms with Crippen LogP contribution in [0.15, 0.2) is 30.4 Å². The number of halogens is 2. The van der Waals surface area contributed by atoms with E-state index in [0.717, 1.165) is 0 Å². The summed E-state index contributed by atoms with van der Waals surface area (Å²) in [6.45, 7) is 0.234. The molecule has 0 N–H and O–H groups in total. The van der Waals surface area contributed by atoms with E-state index in [4.69, 9.17) is 21.1 Å². The van der Waals surface area contributed by atoms with Crippen LogP contribution in [0.1, 0.15) is 0 Å². The number of carbonyl (C=O) groups excluding carboxylic acids is 2. The number of fused-ring (bicyclic) bond motifs is 1. The Hall–Kier alpha value is -1.92. The minimum Gasteiger partial charge on any atom is -0.469 e. The number of methoxy groups -OCH3 is 1. The van der Waals surface area contributed by atoms with Crippen molar-refractivity contribution in [2.75, 3.05) is 18.6 Å². The first-order chi connectivity index (χ1) is 11.0. The molecule has 1 unspecified atom stereocenters. The third-order valence-corrected chi connectivity index (χ3v) is 5.10. The van der Waals surface area contributed by atoms with Crippen molar-refractivity contribution in [2.24, 2.45) is 11.8 Å². The van der Waals surface area contributed by atoms with Crippen LogP contribution >= 0.6 is 11.6 Å². The van der Waals surface area contributed by atoms with E-state index in [0.29, 0.717) is 5.69 Å². The third-order valence-electron chi connectivity index (χ3n) is 4.79. The molecule has 7 heteroatoms. The number of hydrogen-bond donors (Lipinski definition) is 0. The van der Waals surface area contributed by atoms with E-state index < -0.39 is 35.3 Å². The number of esters is 1. The Morgan fingerprint density at radius 3 is 3.00 bits per heavy atom. The molecule has 0 saturated carbocycles. The molecule has 5 nitrogen and oxygen atoms in total. The second kappa shape index (κ2) is 4.79. The largest absolute Gasteiger partial charge is 0.469 e. The zero-order valence-corrected chi connectivity index (χ0v) is 12.9. The lowest BCUT2D eigenvalue weighted by Crippen LogP contribution is -2.39. The van der Waals surface area contributed by atoms with E-state index in [1.54, 1.807) is 12.1 Å². The summed E-state index contributed by atoms with van der Waals surface area (Å²) in [6, 6.07) is 4.18. The highest BCUT2D eigenvalue weighted by Gasteiger charge is 2.67. The van der Waals surface area contributed by atoms with Crippen molar-refractivity contribution in [3.8, 4) is 0 Å². The maximum absolute atomic E-state index is 13.7. The zero-order valence-electron chi connectivity index (χ0n) is 12.2. The molecule has 0 radical (unpaired) electrons. The van der Waals surface area contributed by atoms with E-state index in [2.05, 4.69) is 0 Å². The maximum atomic E-state index is 13.7. The standard InChI is InChI=1S/C16H13ClFNO4/c1-22-15(21)12-11-4-5-16(23-11)7-19(14(20)13(12)16)8-2-3-9(17)10(18)6-8/h2-6,11-13H,7H2,1H3/t11-,12?,13+,16-/m1/s1. The molecular formula is C16H13ClFNO4. The molecule has 3 aliphatic heterocycles. The third kappa shape index (κ3) is 1.88. The van der Waals surface area contributed by atoms with Crippen LogP contribution in [0.5, 0.6) is 0 Å². The van der Waals surface area contributed by atoms with E-state index >= 15 is 0 Å². The van der Waals surface area contributed by atoms with Gasteiger partial charge < -0.3 is 14.4 Å². The number of nitrogens with zero attached hydrogens (tertiary/aromatic N) is 1. The molecule has 2 saturated heterocycles. The van der Waals surface area contributed by atoms with E-state index in [1.165, 1.54) is 24.1 Å². The molecular weight excluding hydrogens is 325 g/mol. The van der Waals surface area contributed by atoms with Gasteiger partial charge in [0.25, 0.3) is 0 Å². The molecule has 120 valence electrons. The number of hydrogen-bond acceptors (Lipinski definition) is 4. The molecule has 0 aromatic heterocycles. The fraction of sp³-hybridized carbons (Fsp3) is 0.375. The molecule has 23 heavy (non-hydrogen) atoms. The van der Waals surface area contributed by atoms with Gasteiger partial charge in [0.15, 0.2) is 0 Å². The SMILES string of the molecule is COC(=O)C1[C@H]2C(=O)N(c3ccc(Cl)c(F)c3)C[C@]23C=C[C@H]1O3. The Bertz CT molecular complexity index is 752. The van der Waals surface area contributed by atoms with E-state index in [9.17, 15) is 14.0 Å². The second-order valence-corrected chi connectivity index (χ2v) is 6.35. The Kier molecular flexibility index (Phi) is 3.05. The number of carbonyl (C=O) groups is 2. The van der Waals surface area contributed by atoms with E-state index in [-0.39, 0.29) is 17.5 Å². The molecule has 4 rings (SSSR count). The van der Waals surface area contributed by atoms with Crippen molar-refractivity contribution in [1.29, 1.82) is 0 Å². The minimum absolute atomic E-state index is 0.0109. The highest BCUT2D eigenvalue weighted by molar-refractivity contribution is 6.30. The summed E-state index contributed by atoms with van der Waals surface area (Å²) in [6.07, 6.45) is 3.17. The molecule has 2 fully saturated rings. The molecule has 0 aliphatic carbocycles.